The van der Waals surface area contributed by atoms with Gasteiger partial charge in [0.2, 0.25) is 0 Å². The summed E-state index contributed by atoms with van der Waals surface area (Å²) < 4.78 is 0. The zero-order valence-electron chi connectivity index (χ0n) is 11.2. The fraction of sp³-hybridized carbons (Fsp3) is 0.733. The molecular weight excluding hydrogens is 212 g/mol. The van der Waals surface area contributed by atoms with E-state index in [1.807, 2.05) is 13.8 Å². The van der Waals surface area contributed by atoms with Gasteiger partial charge in [0.1, 0.15) is 6.10 Å². The molecule has 2 nitrogen and oxygen atoms in total. The maximum atomic E-state index is 10.4. The second kappa shape index (κ2) is 4.25. The number of aliphatic hydroxyl groups excluding tert-OH is 2. The van der Waals surface area contributed by atoms with Crippen molar-refractivity contribution in [1.82, 2.24) is 0 Å². The van der Waals surface area contributed by atoms with Crippen molar-refractivity contribution in [3.05, 3.63) is 23.3 Å². The lowest BCUT2D eigenvalue weighted by atomic mass is 9.55. The lowest BCUT2D eigenvalue weighted by Gasteiger charge is -2.52. The van der Waals surface area contributed by atoms with Crippen molar-refractivity contribution < 1.29 is 10.2 Å². The molecule has 0 aromatic carbocycles. The Balaban J connectivity index is 2.40. The van der Waals surface area contributed by atoms with Gasteiger partial charge in [-0.2, -0.15) is 0 Å². The highest BCUT2D eigenvalue weighted by molar-refractivity contribution is 5.28. The van der Waals surface area contributed by atoms with E-state index in [1.54, 1.807) is 0 Å². The fourth-order valence-corrected chi connectivity index (χ4v) is 3.63. The van der Waals surface area contributed by atoms with Crippen LogP contribution >= 0.6 is 0 Å². The number of hydrogen-bond donors (Lipinski definition) is 2. The van der Waals surface area contributed by atoms with Crippen molar-refractivity contribution >= 4 is 0 Å². The molecule has 0 aliphatic heterocycles. The number of fused-ring (bicyclic) bond motifs is 1. The molecule has 2 fully saturated rings. The van der Waals surface area contributed by atoms with Gasteiger partial charge in [0.15, 0.2) is 0 Å². The first-order valence-corrected chi connectivity index (χ1v) is 6.58. The molecule has 2 rings (SSSR count). The zero-order valence-corrected chi connectivity index (χ0v) is 11.2. The van der Waals surface area contributed by atoms with Gasteiger partial charge in [-0.05, 0) is 51.0 Å². The topological polar surface area (TPSA) is 40.5 Å². The molecule has 2 heteroatoms. The second-order valence-corrected chi connectivity index (χ2v) is 6.19. The van der Waals surface area contributed by atoms with Crippen LogP contribution in [0.5, 0.6) is 0 Å². The molecule has 0 bridgehead atoms. The number of rotatable bonds is 0. The van der Waals surface area contributed by atoms with Crippen LogP contribution in [-0.4, -0.2) is 22.4 Å². The fourth-order valence-electron chi connectivity index (χ4n) is 3.63. The van der Waals surface area contributed by atoms with Gasteiger partial charge in [0.05, 0.1) is 6.10 Å². The van der Waals surface area contributed by atoms with E-state index in [0.29, 0.717) is 5.92 Å². The van der Waals surface area contributed by atoms with Crippen LogP contribution in [0.2, 0.25) is 0 Å². The summed E-state index contributed by atoms with van der Waals surface area (Å²) in [6.45, 7) is 10.3. The summed E-state index contributed by atoms with van der Waals surface area (Å²) in [5, 5.41) is 20.7. The molecule has 4 unspecified atom stereocenters. The summed E-state index contributed by atoms with van der Waals surface area (Å²) in [7, 11) is 0. The van der Waals surface area contributed by atoms with E-state index in [-0.39, 0.29) is 5.41 Å². The molecule has 2 aliphatic carbocycles. The Morgan fingerprint density at radius 1 is 1.35 bits per heavy atom. The molecule has 0 aromatic rings. The highest BCUT2D eigenvalue weighted by Crippen LogP contribution is 2.53. The van der Waals surface area contributed by atoms with E-state index in [9.17, 15) is 10.2 Å². The van der Waals surface area contributed by atoms with E-state index < -0.39 is 12.2 Å². The Bertz CT molecular complexity index is 365. The number of aliphatic hydroxyl groups is 2. The van der Waals surface area contributed by atoms with Gasteiger partial charge in [-0.25, -0.2) is 0 Å². The third kappa shape index (κ3) is 1.88. The first-order chi connectivity index (χ1) is 7.88. The minimum atomic E-state index is -0.688. The van der Waals surface area contributed by atoms with Crippen molar-refractivity contribution in [3.63, 3.8) is 0 Å². The molecule has 0 aromatic heterocycles. The van der Waals surface area contributed by atoms with Crippen LogP contribution in [0.25, 0.3) is 0 Å². The Morgan fingerprint density at radius 3 is 2.59 bits per heavy atom. The predicted octanol–water partition coefficient (Wildman–Crippen LogP) is 2.81. The maximum absolute atomic E-state index is 10.4. The SMILES string of the molecule is C=C1CCCC2(C)C1CC(=C(C)C)C(O)C2O. The van der Waals surface area contributed by atoms with E-state index in [1.165, 1.54) is 5.57 Å². The Labute approximate surface area is 104 Å². The van der Waals surface area contributed by atoms with Crippen LogP contribution in [0.15, 0.2) is 23.3 Å². The smallest absolute Gasteiger partial charge is 0.102 e. The second-order valence-electron chi connectivity index (χ2n) is 6.19. The van der Waals surface area contributed by atoms with Crippen LogP contribution < -0.4 is 0 Å². The van der Waals surface area contributed by atoms with Crippen LogP contribution in [0.3, 0.4) is 0 Å². The van der Waals surface area contributed by atoms with Crippen molar-refractivity contribution in [2.75, 3.05) is 0 Å². The lowest BCUT2D eigenvalue weighted by Crippen LogP contribution is -2.53. The molecule has 2 saturated carbocycles. The average Bonchev–Trinajstić information content (AvgIpc) is 2.25. The van der Waals surface area contributed by atoms with Crippen molar-refractivity contribution in [3.8, 4) is 0 Å². The Hall–Kier alpha value is -0.600. The lowest BCUT2D eigenvalue weighted by molar-refractivity contribution is -0.0956. The molecule has 4 atom stereocenters. The summed E-state index contributed by atoms with van der Waals surface area (Å²) in [5.74, 6) is 0.333. The Kier molecular flexibility index (Phi) is 3.21. The van der Waals surface area contributed by atoms with Crippen LogP contribution in [0, 0.1) is 11.3 Å². The van der Waals surface area contributed by atoms with E-state index in [4.69, 9.17) is 0 Å². The van der Waals surface area contributed by atoms with Gasteiger partial charge < -0.3 is 10.2 Å². The first kappa shape index (κ1) is 12.8. The molecule has 0 spiro atoms. The minimum Gasteiger partial charge on any atom is -0.389 e. The van der Waals surface area contributed by atoms with Crippen molar-refractivity contribution in [2.24, 2.45) is 11.3 Å². The standard InChI is InChI=1S/C15H24O2/c1-9(2)11-8-12-10(3)6-5-7-15(12,4)14(17)13(11)16/h12-14,16-17H,3,5-8H2,1-2,4H3. The van der Waals surface area contributed by atoms with Crippen molar-refractivity contribution in [2.45, 2.75) is 58.7 Å². The highest BCUT2D eigenvalue weighted by Gasteiger charge is 2.51. The molecular formula is C15H24O2. The van der Waals surface area contributed by atoms with Gasteiger partial charge >= 0.3 is 0 Å². The van der Waals surface area contributed by atoms with Gasteiger partial charge in [-0.15, -0.1) is 0 Å². The number of hydrogen-bond acceptors (Lipinski definition) is 2. The summed E-state index contributed by atoms with van der Waals surface area (Å²) in [6, 6.07) is 0. The monoisotopic (exact) mass is 236 g/mol. The molecule has 0 heterocycles. The van der Waals surface area contributed by atoms with Crippen molar-refractivity contribution in [1.29, 1.82) is 0 Å². The molecule has 2 N–H and O–H groups in total. The van der Waals surface area contributed by atoms with Gasteiger partial charge in [0, 0.05) is 5.41 Å². The summed E-state index contributed by atoms with van der Waals surface area (Å²) in [4.78, 5) is 0. The summed E-state index contributed by atoms with van der Waals surface area (Å²) in [6.07, 6.45) is 2.68. The Morgan fingerprint density at radius 2 is 2.00 bits per heavy atom. The molecule has 96 valence electrons. The first-order valence-electron chi connectivity index (χ1n) is 6.58. The number of allylic oxidation sites excluding steroid dienone is 2. The molecule has 0 saturated heterocycles. The normalized spacial score (nSPS) is 42.3. The third-order valence-corrected chi connectivity index (χ3v) is 4.90. The van der Waals surface area contributed by atoms with Gasteiger partial charge in [-0.3, -0.25) is 0 Å². The summed E-state index contributed by atoms with van der Waals surface area (Å²) in [5.41, 5.74) is 3.22. The van der Waals surface area contributed by atoms with Crippen LogP contribution in [0.4, 0.5) is 0 Å². The molecule has 17 heavy (non-hydrogen) atoms. The zero-order chi connectivity index (χ0) is 12.8. The molecule has 0 amide bonds. The molecule has 2 aliphatic rings. The largest absolute Gasteiger partial charge is 0.389 e. The van der Waals surface area contributed by atoms with E-state index in [0.717, 1.165) is 36.8 Å². The van der Waals surface area contributed by atoms with Crippen LogP contribution in [-0.2, 0) is 0 Å². The third-order valence-electron chi connectivity index (χ3n) is 4.90. The maximum Gasteiger partial charge on any atom is 0.102 e. The van der Waals surface area contributed by atoms with E-state index >= 15 is 0 Å². The minimum absolute atomic E-state index is 0.187. The van der Waals surface area contributed by atoms with Gasteiger partial charge in [0.25, 0.3) is 0 Å². The highest BCUT2D eigenvalue weighted by atomic mass is 16.3. The van der Waals surface area contributed by atoms with Crippen LogP contribution in [0.1, 0.15) is 46.5 Å². The molecule has 0 radical (unpaired) electrons. The predicted molar refractivity (Wildman–Crippen MR) is 69.6 cm³/mol. The summed E-state index contributed by atoms with van der Waals surface area (Å²) >= 11 is 0. The quantitative estimate of drug-likeness (QED) is 0.635. The van der Waals surface area contributed by atoms with E-state index in [2.05, 4.69) is 13.5 Å². The average molecular weight is 236 g/mol. The van der Waals surface area contributed by atoms with Gasteiger partial charge in [-0.1, -0.05) is 24.6 Å².